The number of carbonyl (C=O) groups is 1. The third-order valence-corrected chi connectivity index (χ3v) is 3.33. The van der Waals surface area contributed by atoms with Gasteiger partial charge in [-0.3, -0.25) is 4.79 Å². The number of nitriles is 1. The number of alkyl halides is 3. The Morgan fingerprint density at radius 2 is 1.88 bits per heavy atom. The summed E-state index contributed by atoms with van der Waals surface area (Å²) in [5.74, 6) is -2.95. The molecule has 130 valence electrons. The van der Waals surface area contributed by atoms with Crippen molar-refractivity contribution in [3.63, 3.8) is 0 Å². The molecule has 0 heterocycles. The van der Waals surface area contributed by atoms with Gasteiger partial charge in [-0.25, -0.2) is 4.39 Å². The largest absolute Gasteiger partial charge is 0.425 e. The number of hydrogen-bond acceptors (Lipinski definition) is 3. The Morgan fingerprint density at radius 1 is 1.20 bits per heavy atom. The van der Waals surface area contributed by atoms with Crippen molar-refractivity contribution in [3.8, 4) is 22.9 Å². The van der Waals surface area contributed by atoms with Crippen LogP contribution in [0.2, 0.25) is 0 Å². The second-order valence-corrected chi connectivity index (χ2v) is 5.60. The molecule has 0 aliphatic carbocycles. The maximum Gasteiger partial charge on any atom is 0.420 e. The SMILES string of the molecule is CC(C)C(=O)Oc1c(-c2cccc(F)c2)cc(C#N)cc1C(F)(F)F. The first kappa shape index (κ1) is 18.5. The van der Waals surface area contributed by atoms with Crippen LogP contribution in [0.3, 0.4) is 0 Å². The van der Waals surface area contributed by atoms with E-state index in [0.717, 1.165) is 18.2 Å². The summed E-state index contributed by atoms with van der Waals surface area (Å²) in [5, 5.41) is 9.02. The van der Waals surface area contributed by atoms with Crippen LogP contribution in [0.25, 0.3) is 11.1 Å². The molecule has 0 saturated heterocycles. The van der Waals surface area contributed by atoms with Gasteiger partial charge in [-0.2, -0.15) is 18.4 Å². The van der Waals surface area contributed by atoms with E-state index in [4.69, 9.17) is 10.00 Å². The number of carbonyl (C=O) groups excluding carboxylic acids is 1. The molecule has 2 aromatic rings. The second kappa shape index (κ2) is 6.93. The maximum atomic E-state index is 13.5. The second-order valence-electron chi connectivity index (χ2n) is 5.60. The van der Waals surface area contributed by atoms with Crippen molar-refractivity contribution in [3.05, 3.63) is 53.3 Å². The number of benzene rings is 2. The molecule has 0 spiro atoms. The summed E-state index contributed by atoms with van der Waals surface area (Å²) >= 11 is 0. The first-order chi connectivity index (χ1) is 11.6. The van der Waals surface area contributed by atoms with E-state index in [2.05, 4.69) is 0 Å². The molecule has 0 saturated carbocycles. The molecule has 0 amide bonds. The summed E-state index contributed by atoms with van der Waals surface area (Å²) in [6.45, 7) is 2.95. The minimum absolute atomic E-state index is 0.0640. The van der Waals surface area contributed by atoms with E-state index >= 15 is 0 Å². The van der Waals surface area contributed by atoms with E-state index in [1.807, 2.05) is 0 Å². The summed E-state index contributed by atoms with van der Waals surface area (Å²) in [6, 6.07) is 8.18. The lowest BCUT2D eigenvalue weighted by Gasteiger charge is -2.18. The van der Waals surface area contributed by atoms with Crippen molar-refractivity contribution >= 4 is 5.97 Å². The molecule has 0 radical (unpaired) electrons. The van der Waals surface area contributed by atoms with Gasteiger partial charge < -0.3 is 4.74 Å². The number of nitrogens with zero attached hydrogens (tertiary/aromatic N) is 1. The summed E-state index contributed by atoms with van der Waals surface area (Å²) < 4.78 is 58.7. The highest BCUT2D eigenvalue weighted by Gasteiger charge is 2.37. The lowest BCUT2D eigenvalue weighted by molar-refractivity contribution is -0.143. The normalized spacial score (nSPS) is 11.3. The summed E-state index contributed by atoms with van der Waals surface area (Å²) in [6.07, 6.45) is -4.86. The summed E-state index contributed by atoms with van der Waals surface area (Å²) in [4.78, 5) is 11.9. The van der Waals surface area contributed by atoms with Gasteiger partial charge in [0, 0.05) is 5.56 Å². The van der Waals surface area contributed by atoms with Crippen LogP contribution >= 0.6 is 0 Å². The van der Waals surface area contributed by atoms with E-state index in [1.165, 1.54) is 26.0 Å². The van der Waals surface area contributed by atoms with Gasteiger partial charge in [-0.1, -0.05) is 26.0 Å². The Kier molecular flexibility index (Phi) is 5.12. The number of hydrogen-bond donors (Lipinski definition) is 0. The van der Waals surface area contributed by atoms with Crippen molar-refractivity contribution in [1.29, 1.82) is 5.26 Å². The molecule has 0 aromatic heterocycles. The van der Waals surface area contributed by atoms with E-state index in [1.54, 1.807) is 6.07 Å². The quantitative estimate of drug-likeness (QED) is 0.447. The van der Waals surface area contributed by atoms with Gasteiger partial charge in [-0.15, -0.1) is 0 Å². The third-order valence-electron chi connectivity index (χ3n) is 3.33. The monoisotopic (exact) mass is 351 g/mol. The number of esters is 1. The fraction of sp³-hybridized carbons (Fsp3) is 0.222. The van der Waals surface area contributed by atoms with Gasteiger partial charge in [0.15, 0.2) is 5.75 Å². The summed E-state index contributed by atoms with van der Waals surface area (Å²) in [5.41, 5.74) is -1.66. The van der Waals surface area contributed by atoms with Gasteiger partial charge in [0.05, 0.1) is 17.6 Å². The minimum atomic E-state index is -4.86. The van der Waals surface area contributed by atoms with Gasteiger partial charge in [0.2, 0.25) is 0 Å². The van der Waals surface area contributed by atoms with Crippen molar-refractivity contribution in [2.45, 2.75) is 20.0 Å². The van der Waals surface area contributed by atoms with Crippen LogP contribution in [0.1, 0.15) is 25.0 Å². The van der Waals surface area contributed by atoms with E-state index in [-0.39, 0.29) is 16.7 Å². The van der Waals surface area contributed by atoms with E-state index in [0.29, 0.717) is 6.07 Å². The Bertz CT molecular complexity index is 851. The van der Waals surface area contributed by atoms with Gasteiger partial charge in [0.25, 0.3) is 0 Å². The van der Waals surface area contributed by atoms with Crippen LogP contribution in [0.15, 0.2) is 36.4 Å². The van der Waals surface area contributed by atoms with Crippen molar-refractivity contribution in [2.24, 2.45) is 5.92 Å². The van der Waals surface area contributed by atoms with Gasteiger partial charge in [0.1, 0.15) is 11.4 Å². The van der Waals surface area contributed by atoms with Crippen molar-refractivity contribution < 1.29 is 27.1 Å². The average Bonchev–Trinajstić information content (AvgIpc) is 2.53. The molecular formula is C18H13F4NO2. The first-order valence-electron chi connectivity index (χ1n) is 7.26. The molecule has 0 bridgehead atoms. The fourth-order valence-corrected chi connectivity index (χ4v) is 2.10. The molecule has 3 nitrogen and oxygen atoms in total. The average molecular weight is 351 g/mol. The molecule has 0 fully saturated rings. The molecule has 0 atom stereocenters. The molecule has 0 N–H and O–H groups in total. The van der Waals surface area contributed by atoms with Crippen LogP contribution in [0, 0.1) is 23.1 Å². The molecule has 0 unspecified atom stereocenters. The molecule has 0 aliphatic rings. The number of ether oxygens (including phenoxy) is 1. The number of halogens is 4. The van der Waals surface area contributed by atoms with E-state index < -0.39 is 35.2 Å². The zero-order valence-electron chi connectivity index (χ0n) is 13.3. The maximum absolute atomic E-state index is 13.5. The molecule has 2 rings (SSSR count). The molecule has 2 aromatic carbocycles. The first-order valence-corrected chi connectivity index (χ1v) is 7.26. The molecule has 7 heteroatoms. The highest BCUT2D eigenvalue weighted by atomic mass is 19.4. The molecule has 25 heavy (non-hydrogen) atoms. The number of rotatable bonds is 3. The van der Waals surface area contributed by atoms with Gasteiger partial charge in [-0.05, 0) is 29.8 Å². The lowest BCUT2D eigenvalue weighted by Crippen LogP contribution is -2.19. The van der Waals surface area contributed by atoms with Gasteiger partial charge >= 0.3 is 12.1 Å². The fourth-order valence-electron chi connectivity index (χ4n) is 2.10. The van der Waals surface area contributed by atoms with E-state index in [9.17, 15) is 22.4 Å². The third kappa shape index (κ3) is 4.15. The Morgan fingerprint density at radius 3 is 2.40 bits per heavy atom. The topological polar surface area (TPSA) is 50.1 Å². The lowest BCUT2D eigenvalue weighted by atomic mass is 9.97. The minimum Gasteiger partial charge on any atom is -0.425 e. The molecule has 0 aliphatic heterocycles. The zero-order chi connectivity index (χ0) is 18.8. The molecular weight excluding hydrogens is 338 g/mol. The van der Waals surface area contributed by atoms with Crippen LogP contribution in [0.4, 0.5) is 17.6 Å². The standard InChI is InChI=1S/C18H13F4NO2/c1-10(2)17(24)25-16-14(12-4-3-5-13(19)8-12)6-11(9-23)7-15(16)18(20,21)22/h3-8,10H,1-2H3. The predicted octanol–water partition coefficient (Wildman–Crippen LogP) is 4.94. The summed E-state index contributed by atoms with van der Waals surface area (Å²) in [7, 11) is 0. The van der Waals surface area contributed by atoms with Crippen molar-refractivity contribution in [2.75, 3.05) is 0 Å². The predicted molar refractivity (Wildman–Crippen MR) is 82.0 cm³/mol. The van der Waals surface area contributed by atoms with Crippen LogP contribution in [0.5, 0.6) is 5.75 Å². The van der Waals surface area contributed by atoms with Crippen LogP contribution in [-0.2, 0) is 11.0 Å². The Balaban J connectivity index is 2.79. The highest BCUT2D eigenvalue weighted by molar-refractivity contribution is 5.81. The van der Waals surface area contributed by atoms with Crippen LogP contribution in [-0.4, -0.2) is 5.97 Å². The Hall–Kier alpha value is -2.88. The van der Waals surface area contributed by atoms with Crippen molar-refractivity contribution in [1.82, 2.24) is 0 Å². The zero-order valence-corrected chi connectivity index (χ0v) is 13.3. The highest BCUT2D eigenvalue weighted by Crippen LogP contribution is 2.43. The smallest absolute Gasteiger partial charge is 0.420 e. The Labute approximate surface area is 141 Å². The van der Waals surface area contributed by atoms with Crippen LogP contribution < -0.4 is 4.74 Å².